The third-order valence-electron chi connectivity index (χ3n) is 4.34. The van der Waals surface area contributed by atoms with Crippen LogP contribution in [0.25, 0.3) is 0 Å². The molecular weight excluding hydrogens is 332 g/mol. The van der Waals surface area contributed by atoms with Gasteiger partial charge in [-0.05, 0) is 31.0 Å². The van der Waals surface area contributed by atoms with Crippen LogP contribution in [0.4, 0.5) is 0 Å². The van der Waals surface area contributed by atoms with Gasteiger partial charge < -0.3 is 19.9 Å². The fraction of sp³-hybridized carbons (Fsp3) is 0.368. The molecule has 1 aliphatic rings. The Balaban J connectivity index is 2.18. The molecule has 0 amide bonds. The van der Waals surface area contributed by atoms with Crippen molar-refractivity contribution in [2.75, 3.05) is 13.7 Å². The van der Waals surface area contributed by atoms with Gasteiger partial charge in [-0.25, -0.2) is 0 Å². The number of benzene rings is 1. The smallest absolute Gasteiger partial charge is 0.244 e. The molecule has 1 unspecified atom stereocenters. The number of rotatable bonds is 6. The minimum absolute atomic E-state index is 0.0772. The van der Waals surface area contributed by atoms with E-state index in [9.17, 15) is 5.26 Å². The quantitative estimate of drug-likeness (QED) is 0.826. The van der Waals surface area contributed by atoms with Gasteiger partial charge in [-0.1, -0.05) is 19.4 Å². The van der Waals surface area contributed by atoms with Crippen molar-refractivity contribution in [3.63, 3.8) is 0 Å². The maximum Gasteiger partial charge on any atom is 0.244 e. The second-order valence-corrected chi connectivity index (χ2v) is 5.94. The van der Waals surface area contributed by atoms with E-state index in [1.807, 2.05) is 25.1 Å². The van der Waals surface area contributed by atoms with Gasteiger partial charge in [-0.3, -0.25) is 5.10 Å². The van der Waals surface area contributed by atoms with Crippen LogP contribution < -0.4 is 19.9 Å². The van der Waals surface area contributed by atoms with Crippen LogP contribution in [-0.4, -0.2) is 23.9 Å². The second kappa shape index (κ2) is 7.40. The van der Waals surface area contributed by atoms with Gasteiger partial charge in [-0.2, -0.15) is 5.26 Å². The van der Waals surface area contributed by atoms with Gasteiger partial charge >= 0.3 is 0 Å². The molecule has 1 aromatic carbocycles. The van der Waals surface area contributed by atoms with Crippen molar-refractivity contribution in [2.24, 2.45) is 5.73 Å². The van der Waals surface area contributed by atoms with E-state index in [1.54, 1.807) is 7.11 Å². The van der Waals surface area contributed by atoms with E-state index in [2.05, 4.69) is 23.2 Å². The molecule has 1 aromatic heterocycles. The van der Waals surface area contributed by atoms with Gasteiger partial charge in [-0.15, -0.1) is 5.10 Å². The highest BCUT2D eigenvalue weighted by molar-refractivity contribution is 5.57. The predicted molar refractivity (Wildman–Crippen MR) is 96.0 cm³/mol. The number of nitriles is 1. The number of aryl methyl sites for hydroxylation is 1. The predicted octanol–water partition coefficient (Wildman–Crippen LogP) is 2.99. The summed E-state index contributed by atoms with van der Waals surface area (Å²) in [5.74, 6) is 1.39. The normalized spacial score (nSPS) is 15.8. The average molecular weight is 354 g/mol. The lowest BCUT2D eigenvalue weighted by molar-refractivity contribution is 0.310. The third-order valence-corrected chi connectivity index (χ3v) is 4.34. The number of aromatic amines is 1. The van der Waals surface area contributed by atoms with Crippen LogP contribution >= 0.6 is 0 Å². The number of H-pyrrole nitrogens is 1. The van der Waals surface area contributed by atoms with Gasteiger partial charge in [0.2, 0.25) is 11.8 Å². The number of allylic oxidation sites excluding steroid dienone is 1. The summed E-state index contributed by atoms with van der Waals surface area (Å²) in [6.45, 7) is 4.50. The Kier molecular flexibility index (Phi) is 5.03. The number of hydrogen-bond donors (Lipinski definition) is 2. The van der Waals surface area contributed by atoms with Gasteiger partial charge in [0.1, 0.15) is 11.6 Å². The molecule has 3 rings (SSSR count). The molecule has 0 fully saturated rings. The Bertz CT molecular complexity index is 879. The minimum Gasteiger partial charge on any atom is -0.493 e. The Morgan fingerprint density at radius 2 is 2.15 bits per heavy atom. The van der Waals surface area contributed by atoms with Crippen molar-refractivity contribution in [3.8, 4) is 23.4 Å². The molecule has 0 spiro atoms. The van der Waals surface area contributed by atoms with Crippen molar-refractivity contribution in [1.82, 2.24) is 10.2 Å². The van der Waals surface area contributed by atoms with E-state index in [4.69, 9.17) is 19.9 Å². The monoisotopic (exact) mass is 354 g/mol. The molecule has 1 aliphatic heterocycles. The zero-order valence-corrected chi connectivity index (χ0v) is 15.1. The molecule has 0 bridgehead atoms. The highest BCUT2D eigenvalue weighted by Gasteiger charge is 2.35. The maximum absolute atomic E-state index is 9.70. The molecule has 3 N–H and O–H groups in total. The van der Waals surface area contributed by atoms with Crippen molar-refractivity contribution in [2.45, 2.75) is 32.6 Å². The number of aromatic nitrogens is 2. The lowest BCUT2D eigenvalue weighted by atomic mass is 9.83. The Morgan fingerprint density at radius 3 is 2.81 bits per heavy atom. The number of nitrogens with one attached hydrogen (secondary N) is 1. The molecular formula is C19H22N4O3. The first-order valence-electron chi connectivity index (χ1n) is 8.59. The summed E-state index contributed by atoms with van der Waals surface area (Å²) in [6, 6.07) is 7.83. The number of fused-ring (bicyclic) bond motifs is 1. The lowest BCUT2D eigenvalue weighted by Gasteiger charge is -2.24. The molecule has 1 atom stereocenters. The SMILES string of the molecule is CCCc1[nH]nc2c1C(c1ccc(OC)c(OCC)c1)C(C#N)=C(N)O2. The lowest BCUT2D eigenvalue weighted by Crippen LogP contribution is -2.21. The summed E-state index contributed by atoms with van der Waals surface area (Å²) in [5.41, 5.74) is 9.03. The number of nitrogens with two attached hydrogens (primary N) is 1. The van der Waals surface area contributed by atoms with E-state index < -0.39 is 0 Å². The Morgan fingerprint density at radius 1 is 1.35 bits per heavy atom. The van der Waals surface area contributed by atoms with Crippen LogP contribution in [0.15, 0.2) is 29.7 Å². The summed E-state index contributed by atoms with van der Waals surface area (Å²) >= 11 is 0. The molecule has 0 radical (unpaired) electrons. The van der Waals surface area contributed by atoms with Crippen molar-refractivity contribution in [3.05, 3.63) is 46.5 Å². The summed E-state index contributed by atoms with van der Waals surface area (Å²) in [7, 11) is 1.60. The van der Waals surface area contributed by atoms with Crippen molar-refractivity contribution >= 4 is 0 Å². The molecule has 2 aromatic rings. The van der Waals surface area contributed by atoms with Crippen molar-refractivity contribution < 1.29 is 14.2 Å². The van der Waals surface area contributed by atoms with Crippen LogP contribution in [0.5, 0.6) is 17.4 Å². The zero-order chi connectivity index (χ0) is 18.7. The molecule has 0 saturated heterocycles. The van der Waals surface area contributed by atoms with Gasteiger partial charge in [0.05, 0.1) is 19.6 Å². The van der Waals surface area contributed by atoms with E-state index in [0.29, 0.717) is 29.6 Å². The Labute approximate surface area is 152 Å². The molecule has 2 heterocycles. The summed E-state index contributed by atoms with van der Waals surface area (Å²) in [4.78, 5) is 0. The molecule has 0 saturated carbocycles. The molecule has 136 valence electrons. The van der Waals surface area contributed by atoms with Crippen LogP contribution in [0, 0.1) is 11.3 Å². The van der Waals surface area contributed by atoms with E-state index in [1.165, 1.54) is 0 Å². The maximum atomic E-state index is 9.70. The fourth-order valence-corrected chi connectivity index (χ4v) is 3.22. The first kappa shape index (κ1) is 17.7. The largest absolute Gasteiger partial charge is 0.493 e. The highest BCUT2D eigenvalue weighted by Crippen LogP contribution is 2.44. The van der Waals surface area contributed by atoms with Crippen LogP contribution in [-0.2, 0) is 6.42 Å². The summed E-state index contributed by atoms with van der Waals surface area (Å²) in [6.07, 6.45) is 1.74. The minimum atomic E-state index is -0.367. The standard InChI is InChI=1S/C19H22N4O3/c1-4-6-13-17-16(12(10-20)18(21)26-19(17)23-22-13)11-7-8-14(24-3)15(9-11)25-5-2/h7-9,16H,4-6,21H2,1-3H3,(H,22,23). The Hall–Kier alpha value is -3.14. The molecule has 0 aliphatic carbocycles. The molecule has 7 heteroatoms. The first-order valence-corrected chi connectivity index (χ1v) is 8.59. The van der Waals surface area contributed by atoms with Crippen LogP contribution in [0.1, 0.15) is 43.0 Å². The summed E-state index contributed by atoms with van der Waals surface area (Å²) in [5, 5.41) is 17.0. The number of ether oxygens (including phenoxy) is 3. The van der Waals surface area contributed by atoms with Crippen LogP contribution in [0.2, 0.25) is 0 Å². The highest BCUT2D eigenvalue weighted by atomic mass is 16.5. The van der Waals surface area contributed by atoms with Gasteiger partial charge in [0.25, 0.3) is 0 Å². The third kappa shape index (κ3) is 2.94. The van der Waals surface area contributed by atoms with Crippen molar-refractivity contribution in [1.29, 1.82) is 5.26 Å². The fourth-order valence-electron chi connectivity index (χ4n) is 3.22. The molecule has 26 heavy (non-hydrogen) atoms. The van der Waals surface area contributed by atoms with E-state index >= 15 is 0 Å². The van der Waals surface area contributed by atoms with Crippen LogP contribution in [0.3, 0.4) is 0 Å². The summed E-state index contributed by atoms with van der Waals surface area (Å²) < 4.78 is 16.6. The number of methoxy groups -OCH3 is 1. The average Bonchev–Trinajstić information content (AvgIpc) is 3.03. The van der Waals surface area contributed by atoms with Gasteiger partial charge in [0, 0.05) is 11.3 Å². The number of nitrogens with zero attached hydrogens (tertiary/aromatic N) is 2. The number of hydrogen-bond acceptors (Lipinski definition) is 6. The second-order valence-electron chi connectivity index (χ2n) is 5.94. The van der Waals surface area contributed by atoms with E-state index in [-0.39, 0.29) is 11.8 Å². The van der Waals surface area contributed by atoms with E-state index in [0.717, 1.165) is 29.7 Å². The topological polar surface area (TPSA) is 106 Å². The zero-order valence-electron chi connectivity index (χ0n) is 15.1. The van der Waals surface area contributed by atoms with Gasteiger partial charge in [0.15, 0.2) is 11.5 Å². The molecule has 7 nitrogen and oxygen atoms in total. The first-order chi connectivity index (χ1) is 12.6.